The molecule has 2 unspecified atom stereocenters. The zero-order valence-corrected chi connectivity index (χ0v) is 9.16. The summed E-state index contributed by atoms with van der Waals surface area (Å²) < 4.78 is 0. The number of carbonyl (C=O) groups is 3. The van der Waals surface area contributed by atoms with Crippen LogP contribution in [0.4, 0.5) is 0 Å². The Morgan fingerprint density at radius 3 is 1.59 bits per heavy atom. The number of nitrogens with two attached hydrogens (primary N) is 1. The van der Waals surface area contributed by atoms with Crippen molar-refractivity contribution in [1.29, 1.82) is 0 Å². The van der Waals surface area contributed by atoms with Gasteiger partial charge in [0.05, 0.1) is 19.2 Å². The third kappa shape index (κ3) is 14.3. The summed E-state index contributed by atoms with van der Waals surface area (Å²) in [4.78, 5) is 29.3. The number of aliphatic carboxylic acids is 3. The fourth-order valence-corrected chi connectivity index (χ4v) is 0.483. The first-order valence-electron chi connectivity index (χ1n) is 4.49. The number of aliphatic hydroxyl groups excluding tert-OH is 1. The molecule has 9 nitrogen and oxygen atoms in total. The van der Waals surface area contributed by atoms with Crippen molar-refractivity contribution in [2.45, 2.75) is 19.1 Å². The zero-order chi connectivity index (χ0) is 14.0. The van der Waals surface area contributed by atoms with Crippen molar-refractivity contribution in [1.82, 2.24) is 5.32 Å². The molecule has 0 aromatic carbocycles. The molecule has 0 aromatic rings. The van der Waals surface area contributed by atoms with Gasteiger partial charge in [0.25, 0.3) is 0 Å². The van der Waals surface area contributed by atoms with E-state index in [0.717, 1.165) is 0 Å². The van der Waals surface area contributed by atoms with E-state index in [4.69, 9.17) is 26.2 Å². The Kier molecular flexibility index (Phi) is 9.89. The van der Waals surface area contributed by atoms with E-state index >= 15 is 0 Å². The minimum absolute atomic E-state index is 0.313. The van der Waals surface area contributed by atoms with Gasteiger partial charge in [0, 0.05) is 0 Å². The van der Waals surface area contributed by atoms with Gasteiger partial charge < -0.3 is 26.2 Å². The van der Waals surface area contributed by atoms with Gasteiger partial charge in [0.2, 0.25) is 0 Å². The minimum Gasteiger partial charge on any atom is -0.480 e. The number of hydrogen-bond donors (Lipinski definition) is 6. The molecule has 0 spiro atoms. The second-order valence-electron chi connectivity index (χ2n) is 3.00. The second-order valence-corrected chi connectivity index (χ2v) is 3.00. The van der Waals surface area contributed by atoms with E-state index in [9.17, 15) is 14.4 Å². The molecule has 0 heterocycles. The van der Waals surface area contributed by atoms with E-state index < -0.39 is 30.1 Å². The van der Waals surface area contributed by atoms with Gasteiger partial charge in [-0.25, -0.2) is 0 Å². The standard InChI is InChI=1S/C4H7NO4.C4H9NO3/c6-3(7)1-5-2-4(8)9;1-2(6)3(5)4(7)8/h5H,1-2H2,(H,6,7)(H,8,9);2-3,6H,5H2,1H3,(H,7,8). The molecule has 0 bridgehead atoms. The fourth-order valence-electron chi connectivity index (χ4n) is 0.483. The highest BCUT2D eigenvalue weighted by Crippen LogP contribution is 1.85. The van der Waals surface area contributed by atoms with Crippen molar-refractivity contribution in [2.75, 3.05) is 13.1 Å². The molecule has 0 rings (SSSR count). The highest BCUT2D eigenvalue weighted by Gasteiger charge is 2.16. The van der Waals surface area contributed by atoms with Crippen LogP contribution >= 0.6 is 0 Å². The quantitative estimate of drug-likeness (QED) is 0.299. The van der Waals surface area contributed by atoms with Crippen LogP contribution in [0.1, 0.15) is 6.92 Å². The summed E-state index contributed by atoms with van der Waals surface area (Å²) in [6.07, 6.45) is -0.979. The van der Waals surface area contributed by atoms with Gasteiger partial charge in [-0.15, -0.1) is 0 Å². The van der Waals surface area contributed by atoms with Crippen molar-refractivity contribution < 1.29 is 34.8 Å². The van der Waals surface area contributed by atoms with Crippen molar-refractivity contribution in [3.05, 3.63) is 0 Å². The SMILES string of the molecule is CC(O)C(N)C(=O)O.O=C(O)CNCC(=O)O. The zero-order valence-electron chi connectivity index (χ0n) is 9.16. The van der Waals surface area contributed by atoms with Crippen LogP contribution in [0.5, 0.6) is 0 Å². The molecule has 0 saturated carbocycles. The Bertz CT molecular complexity index is 253. The van der Waals surface area contributed by atoms with Gasteiger partial charge in [0.1, 0.15) is 6.04 Å². The van der Waals surface area contributed by atoms with Crippen LogP contribution < -0.4 is 11.1 Å². The number of carboxylic acid groups (broad SMARTS) is 3. The maximum absolute atomic E-state index is 9.86. The first-order chi connectivity index (χ1) is 7.68. The van der Waals surface area contributed by atoms with Gasteiger partial charge in [-0.3, -0.25) is 19.7 Å². The van der Waals surface area contributed by atoms with Gasteiger partial charge >= 0.3 is 17.9 Å². The molecule has 0 fully saturated rings. The van der Waals surface area contributed by atoms with E-state index in [1.165, 1.54) is 6.92 Å². The van der Waals surface area contributed by atoms with Crippen molar-refractivity contribution >= 4 is 17.9 Å². The van der Waals surface area contributed by atoms with Gasteiger partial charge in [0.15, 0.2) is 0 Å². The van der Waals surface area contributed by atoms with Gasteiger partial charge in [-0.2, -0.15) is 0 Å². The number of carboxylic acids is 3. The lowest BCUT2D eigenvalue weighted by atomic mass is 10.2. The molecular weight excluding hydrogens is 236 g/mol. The molecule has 0 aliphatic heterocycles. The Morgan fingerprint density at radius 1 is 1.12 bits per heavy atom. The lowest BCUT2D eigenvalue weighted by Gasteiger charge is -2.06. The first-order valence-corrected chi connectivity index (χ1v) is 4.49. The van der Waals surface area contributed by atoms with Crippen LogP contribution in [0.2, 0.25) is 0 Å². The average molecular weight is 252 g/mol. The summed E-state index contributed by atoms with van der Waals surface area (Å²) >= 11 is 0. The Balaban J connectivity index is 0. The highest BCUT2D eigenvalue weighted by atomic mass is 16.4. The largest absolute Gasteiger partial charge is 0.480 e. The predicted octanol–water partition coefficient (Wildman–Crippen LogP) is -2.48. The lowest BCUT2D eigenvalue weighted by Crippen LogP contribution is -2.39. The molecular formula is C8H16N2O7. The van der Waals surface area contributed by atoms with Gasteiger partial charge in [-0.05, 0) is 6.92 Å². The monoisotopic (exact) mass is 252 g/mol. The van der Waals surface area contributed by atoms with E-state index in [2.05, 4.69) is 5.32 Å². The average Bonchev–Trinajstić information content (AvgIpc) is 2.15. The van der Waals surface area contributed by atoms with E-state index in [1.54, 1.807) is 0 Å². The fraction of sp³-hybridized carbons (Fsp3) is 0.625. The Morgan fingerprint density at radius 2 is 1.47 bits per heavy atom. The van der Waals surface area contributed by atoms with Crippen molar-refractivity contribution in [3.63, 3.8) is 0 Å². The summed E-state index contributed by atoms with van der Waals surface area (Å²) in [5.74, 6) is -3.30. The third-order valence-electron chi connectivity index (χ3n) is 1.36. The van der Waals surface area contributed by atoms with Crippen molar-refractivity contribution in [3.8, 4) is 0 Å². The molecule has 17 heavy (non-hydrogen) atoms. The first kappa shape index (κ1) is 17.7. The van der Waals surface area contributed by atoms with Crippen LogP contribution in [0.3, 0.4) is 0 Å². The molecule has 0 aliphatic rings. The van der Waals surface area contributed by atoms with E-state index in [-0.39, 0.29) is 13.1 Å². The second kappa shape index (κ2) is 9.51. The highest BCUT2D eigenvalue weighted by molar-refractivity contribution is 5.73. The number of aliphatic hydroxyl groups is 1. The molecule has 100 valence electrons. The molecule has 0 aromatic heterocycles. The summed E-state index contributed by atoms with van der Waals surface area (Å²) in [5.41, 5.74) is 4.91. The molecule has 0 saturated heterocycles. The maximum atomic E-state index is 9.86. The summed E-state index contributed by atoms with van der Waals surface area (Å²) in [6, 6.07) is -1.16. The molecule has 2 atom stereocenters. The topological polar surface area (TPSA) is 170 Å². The Labute approximate surface area is 96.9 Å². The number of nitrogens with one attached hydrogen (secondary N) is 1. The normalized spacial score (nSPS) is 12.9. The van der Waals surface area contributed by atoms with Crippen LogP contribution in [0.15, 0.2) is 0 Å². The number of hydrogen-bond acceptors (Lipinski definition) is 6. The van der Waals surface area contributed by atoms with Crippen LogP contribution in [0.25, 0.3) is 0 Å². The van der Waals surface area contributed by atoms with E-state index in [1.807, 2.05) is 0 Å². The smallest absolute Gasteiger partial charge is 0.323 e. The number of rotatable bonds is 6. The summed E-state index contributed by atoms with van der Waals surface area (Å²) in [5, 5.41) is 34.7. The molecule has 7 N–H and O–H groups in total. The van der Waals surface area contributed by atoms with Crippen LogP contribution in [0, 0.1) is 0 Å². The van der Waals surface area contributed by atoms with Gasteiger partial charge in [-0.1, -0.05) is 0 Å². The lowest BCUT2D eigenvalue weighted by molar-refractivity contribution is -0.141. The maximum Gasteiger partial charge on any atom is 0.323 e. The predicted molar refractivity (Wildman–Crippen MR) is 55.4 cm³/mol. The van der Waals surface area contributed by atoms with E-state index in [0.29, 0.717) is 0 Å². The summed E-state index contributed by atoms with van der Waals surface area (Å²) in [6.45, 7) is 0.706. The van der Waals surface area contributed by atoms with Crippen LogP contribution in [-0.4, -0.2) is 63.6 Å². The minimum atomic E-state index is -1.18. The van der Waals surface area contributed by atoms with Crippen LogP contribution in [-0.2, 0) is 14.4 Å². The molecule has 0 radical (unpaired) electrons. The molecule has 9 heteroatoms. The Hall–Kier alpha value is -1.71. The molecule has 0 aliphatic carbocycles. The molecule has 0 amide bonds. The summed E-state index contributed by atoms with van der Waals surface area (Å²) in [7, 11) is 0. The third-order valence-corrected chi connectivity index (χ3v) is 1.36. The van der Waals surface area contributed by atoms with Crippen molar-refractivity contribution in [2.24, 2.45) is 5.73 Å².